The fraction of sp³-hybridized carbons (Fsp3) is 0.471. The Hall–Kier alpha value is -2.42. The standard InChI is InChI=1S/C17H23N7OS/c1-12(2)9-24-15(21-22-17(24)26-3)5-4-8-18-16(25)13-6-7-14-20-19-11-23(14)10-13/h6-7,10-12H,4-5,8-9H2,1-3H3,(H,18,25). The molecule has 0 aliphatic heterocycles. The van der Waals surface area contributed by atoms with Crippen molar-refractivity contribution >= 4 is 23.3 Å². The molecule has 0 fully saturated rings. The van der Waals surface area contributed by atoms with Gasteiger partial charge in [-0.25, -0.2) is 0 Å². The number of amides is 1. The van der Waals surface area contributed by atoms with Crippen LogP contribution < -0.4 is 5.32 Å². The second kappa shape index (κ2) is 8.31. The van der Waals surface area contributed by atoms with E-state index in [2.05, 4.69) is 44.1 Å². The first-order chi connectivity index (χ1) is 12.6. The number of hydrogen-bond acceptors (Lipinski definition) is 6. The fourth-order valence-corrected chi connectivity index (χ4v) is 3.24. The topological polar surface area (TPSA) is 90.0 Å². The Kier molecular flexibility index (Phi) is 5.87. The van der Waals surface area contributed by atoms with E-state index in [1.807, 2.05) is 6.26 Å². The van der Waals surface area contributed by atoms with Crippen LogP contribution in [0.2, 0.25) is 0 Å². The van der Waals surface area contributed by atoms with E-state index < -0.39 is 0 Å². The molecule has 1 amide bonds. The third-order valence-electron chi connectivity index (χ3n) is 3.94. The summed E-state index contributed by atoms with van der Waals surface area (Å²) in [5.41, 5.74) is 1.31. The molecule has 0 aliphatic carbocycles. The number of nitrogens with one attached hydrogen (secondary N) is 1. The third kappa shape index (κ3) is 4.21. The van der Waals surface area contributed by atoms with Crippen molar-refractivity contribution in [1.29, 1.82) is 0 Å². The van der Waals surface area contributed by atoms with Gasteiger partial charge in [0, 0.05) is 25.7 Å². The summed E-state index contributed by atoms with van der Waals surface area (Å²) in [6, 6.07) is 3.53. The van der Waals surface area contributed by atoms with E-state index in [1.165, 1.54) is 0 Å². The molecule has 26 heavy (non-hydrogen) atoms. The number of fused-ring (bicyclic) bond motifs is 1. The first kappa shape index (κ1) is 18.4. The number of aryl methyl sites for hydroxylation is 1. The minimum Gasteiger partial charge on any atom is -0.352 e. The van der Waals surface area contributed by atoms with Gasteiger partial charge in [0.2, 0.25) is 0 Å². The molecular formula is C17H23N7OS. The summed E-state index contributed by atoms with van der Waals surface area (Å²) in [6.07, 6.45) is 6.92. The number of carbonyl (C=O) groups excluding carboxylic acids is 1. The summed E-state index contributed by atoms with van der Waals surface area (Å²) < 4.78 is 3.91. The van der Waals surface area contributed by atoms with Gasteiger partial charge in [0.25, 0.3) is 5.91 Å². The number of rotatable bonds is 8. The predicted molar refractivity (Wildman–Crippen MR) is 100 cm³/mol. The molecule has 0 aliphatic rings. The maximum Gasteiger partial charge on any atom is 0.252 e. The lowest BCUT2D eigenvalue weighted by atomic mass is 10.2. The second-order valence-corrected chi connectivity index (χ2v) is 7.25. The molecule has 0 bridgehead atoms. The van der Waals surface area contributed by atoms with Crippen LogP contribution in [0.1, 0.15) is 36.5 Å². The van der Waals surface area contributed by atoms with Crippen molar-refractivity contribution in [3.05, 3.63) is 36.0 Å². The minimum atomic E-state index is -0.103. The average Bonchev–Trinajstić information content (AvgIpc) is 3.24. The Morgan fingerprint density at radius 1 is 1.27 bits per heavy atom. The summed E-state index contributed by atoms with van der Waals surface area (Å²) in [7, 11) is 0. The molecule has 0 unspecified atom stereocenters. The lowest BCUT2D eigenvalue weighted by Crippen LogP contribution is -2.25. The van der Waals surface area contributed by atoms with Crippen molar-refractivity contribution in [3.63, 3.8) is 0 Å². The number of nitrogens with zero attached hydrogens (tertiary/aromatic N) is 6. The third-order valence-corrected chi connectivity index (χ3v) is 4.61. The molecule has 0 radical (unpaired) electrons. The molecule has 0 atom stereocenters. The molecule has 0 saturated carbocycles. The second-order valence-electron chi connectivity index (χ2n) is 6.48. The molecule has 0 saturated heterocycles. The normalized spacial score (nSPS) is 11.4. The van der Waals surface area contributed by atoms with Crippen LogP contribution in [0.3, 0.4) is 0 Å². The van der Waals surface area contributed by atoms with Gasteiger partial charge in [-0.1, -0.05) is 25.6 Å². The summed E-state index contributed by atoms with van der Waals surface area (Å²) in [5.74, 6) is 1.40. The van der Waals surface area contributed by atoms with Crippen LogP contribution in [-0.4, -0.2) is 48.1 Å². The van der Waals surface area contributed by atoms with Gasteiger partial charge in [-0.05, 0) is 30.7 Å². The van der Waals surface area contributed by atoms with Gasteiger partial charge in [0.05, 0.1) is 5.56 Å². The number of carbonyl (C=O) groups is 1. The lowest BCUT2D eigenvalue weighted by molar-refractivity contribution is 0.0952. The Morgan fingerprint density at radius 2 is 2.12 bits per heavy atom. The zero-order valence-electron chi connectivity index (χ0n) is 15.2. The molecule has 0 aromatic carbocycles. The minimum absolute atomic E-state index is 0.103. The molecule has 138 valence electrons. The number of thioether (sulfide) groups is 1. The van der Waals surface area contributed by atoms with Crippen LogP contribution in [0.5, 0.6) is 0 Å². The van der Waals surface area contributed by atoms with E-state index in [9.17, 15) is 4.79 Å². The number of aromatic nitrogens is 6. The Bertz CT molecular complexity index is 886. The number of hydrogen-bond donors (Lipinski definition) is 1. The van der Waals surface area contributed by atoms with E-state index in [-0.39, 0.29) is 5.91 Å². The zero-order valence-corrected chi connectivity index (χ0v) is 16.0. The maximum atomic E-state index is 12.3. The molecular weight excluding hydrogens is 350 g/mol. The SMILES string of the molecule is CSc1nnc(CCCNC(=O)c2ccc3nncn3c2)n1CC(C)C. The van der Waals surface area contributed by atoms with Crippen molar-refractivity contribution in [2.24, 2.45) is 5.92 Å². The van der Waals surface area contributed by atoms with E-state index in [0.717, 1.165) is 36.0 Å². The van der Waals surface area contributed by atoms with Crippen LogP contribution >= 0.6 is 11.8 Å². The predicted octanol–water partition coefficient (Wildman–Crippen LogP) is 2.06. The molecule has 1 N–H and O–H groups in total. The van der Waals surface area contributed by atoms with E-state index >= 15 is 0 Å². The van der Waals surface area contributed by atoms with Gasteiger partial charge in [0.1, 0.15) is 12.2 Å². The van der Waals surface area contributed by atoms with Crippen molar-refractivity contribution in [3.8, 4) is 0 Å². The van der Waals surface area contributed by atoms with Crippen LogP contribution in [-0.2, 0) is 13.0 Å². The van der Waals surface area contributed by atoms with Crippen LogP contribution in [0.4, 0.5) is 0 Å². The van der Waals surface area contributed by atoms with Crippen molar-refractivity contribution in [1.82, 2.24) is 34.7 Å². The first-order valence-electron chi connectivity index (χ1n) is 8.62. The van der Waals surface area contributed by atoms with E-state index in [0.29, 0.717) is 18.0 Å². The molecule has 8 nitrogen and oxygen atoms in total. The first-order valence-corrected chi connectivity index (χ1v) is 9.84. The molecule has 3 heterocycles. The molecule has 3 aromatic rings. The Balaban J connectivity index is 1.53. The van der Waals surface area contributed by atoms with Gasteiger partial charge in [0.15, 0.2) is 10.8 Å². The summed E-state index contributed by atoms with van der Waals surface area (Å²) in [4.78, 5) is 12.3. The van der Waals surface area contributed by atoms with E-state index in [4.69, 9.17) is 0 Å². The van der Waals surface area contributed by atoms with Crippen LogP contribution in [0.25, 0.3) is 5.65 Å². The monoisotopic (exact) mass is 373 g/mol. The maximum absolute atomic E-state index is 12.3. The Morgan fingerprint density at radius 3 is 2.88 bits per heavy atom. The highest BCUT2D eigenvalue weighted by molar-refractivity contribution is 7.98. The van der Waals surface area contributed by atoms with E-state index in [1.54, 1.807) is 40.8 Å². The molecule has 0 spiro atoms. The summed E-state index contributed by atoms with van der Waals surface area (Å²) in [6.45, 7) is 5.85. The van der Waals surface area contributed by atoms with Crippen LogP contribution in [0.15, 0.2) is 29.8 Å². The average molecular weight is 373 g/mol. The van der Waals surface area contributed by atoms with Crippen molar-refractivity contribution < 1.29 is 4.79 Å². The molecule has 3 aromatic heterocycles. The van der Waals surface area contributed by atoms with Crippen molar-refractivity contribution in [2.45, 2.75) is 38.4 Å². The fourth-order valence-electron chi connectivity index (χ4n) is 2.72. The van der Waals surface area contributed by atoms with Gasteiger partial charge in [-0.2, -0.15) is 0 Å². The summed E-state index contributed by atoms with van der Waals surface area (Å²) in [5, 5.41) is 20.2. The van der Waals surface area contributed by atoms with Gasteiger partial charge in [-0.3, -0.25) is 9.20 Å². The molecule has 9 heteroatoms. The van der Waals surface area contributed by atoms with Gasteiger partial charge < -0.3 is 9.88 Å². The van der Waals surface area contributed by atoms with Crippen LogP contribution in [0, 0.1) is 5.92 Å². The van der Waals surface area contributed by atoms with Crippen molar-refractivity contribution in [2.75, 3.05) is 12.8 Å². The molecule has 3 rings (SSSR count). The lowest BCUT2D eigenvalue weighted by Gasteiger charge is -2.11. The largest absolute Gasteiger partial charge is 0.352 e. The zero-order chi connectivity index (χ0) is 18.5. The summed E-state index contributed by atoms with van der Waals surface area (Å²) >= 11 is 1.61. The van der Waals surface area contributed by atoms with Gasteiger partial charge in [-0.15, -0.1) is 20.4 Å². The highest BCUT2D eigenvalue weighted by Crippen LogP contribution is 2.16. The Labute approximate surface area is 156 Å². The van der Waals surface area contributed by atoms with Gasteiger partial charge >= 0.3 is 0 Å². The highest BCUT2D eigenvalue weighted by Gasteiger charge is 2.13. The quantitative estimate of drug-likeness (QED) is 0.480. The highest BCUT2D eigenvalue weighted by atomic mass is 32.2. The smallest absolute Gasteiger partial charge is 0.252 e. The number of pyridine rings is 1.